The average molecular weight is 476 g/mol. The molecule has 2 heterocycles. The van der Waals surface area contributed by atoms with Crippen molar-refractivity contribution >= 4 is 45.9 Å². The number of thioether (sulfide) groups is 1. The molecule has 0 saturated carbocycles. The molecule has 2 aromatic heterocycles. The van der Waals surface area contributed by atoms with Crippen LogP contribution in [0.5, 0.6) is 0 Å². The first kappa shape index (κ1) is 25.4. The number of nitrogens with zero attached hydrogens (tertiary/aromatic N) is 2. The Balaban J connectivity index is 2.15. The largest absolute Gasteiger partial charge is 0.465 e. The van der Waals surface area contributed by atoms with E-state index in [1.54, 1.807) is 13.8 Å². The quantitative estimate of drug-likeness (QED) is 0.443. The van der Waals surface area contributed by atoms with Gasteiger partial charge in [0.05, 0.1) is 24.8 Å². The van der Waals surface area contributed by atoms with E-state index in [2.05, 4.69) is 16.4 Å². The number of nitriles is 1. The molecular formula is C22H25N3O5S2. The Kier molecular flexibility index (Phi) is 8.80. The molecule has 0 aliphatic carbocycles. The lowest BCUT2D eigenvalue weighted by Crippen LogP contribution is -2.14. The number of rotatable bonds is 8. The van der Waals surface area contributed by atoms with E-state index in [0.29, 0.717) is 21.9 Å². The number of hydrogen-bond acceptors (Lipinski definition) is 9. The molecule has 0 bridgehead atoms. The Labute approximate surface area is 195 Å². The van der Waals surface area contributed by atoms with Crippen molar-refractivity contribution in [2.24, 2.45) is 0 Å². The predicted octanol–water partition coefficient (Wildman–Crippen LogP) is 4.33. The summed E-state index contributed by atoms with van der Waals surface area (Å²) in [6, 6.07) is 2.19. The number of ether oxygens (including phenoxy) is 2. The SMILES string of the molecule is CCOC(=O)c1sc(NC(=O)CCSc2nc(C)c(C)c(C)c2C#N)c(C(=O)OC)c1C. The molecule has 1 amide bonds. The van der Waals surface area contributed by atoms with Crippen LogP contribution in [0.25, 0.3) is 0 Å². The fourth-order valence-corrected chi connectivity index (χ4v) is 5.05. The minimum Gasteiger partial charge on any atom is -0.465 e. The number of hydrogen-bond donors (Lipinski definition) is 1. The second kappa shape index (κ2) is 11.1. The maximum atomic E-state index is 12.6. The summed E-state index contributed by atoms with van der Waals surface area (Å²) in [7, 11) is 1.23. The predicted molar refractivity (Wildman–Crippen MR) is 123 cm³/mol. The fourth-order valence-electron chi connectivity index (χ4n) is 2.92. The molecule has 0 saturated heterocycles. The molecule has 2 rings (SSSR count). The van der Waals surface area contributed by atoms with Crippen molar-refractivity contribution in [3.8, 4) is 6.07 Å². The summed E-state index contributed by atoms with van der Waals surface area (Å²) < 4.78 is 9.84. The average Bonchev–Trinajstić information content (AvgIpc) is 3.07. The molecule has 0 aromatic carbocycles. The molecule has 0 atom stereocenters. The Morgan fingerprint density at radius 2 is 1.81 bits per heavy atom. The number of methoxy groups -OCH3 is 1. The van der Waals surface area contributed by atoms with Crippen molar-refractivity contribution in [1.82, 2.24) is 4.98 Å². The summed E-state index contributed by atoms with van der Waals surface area (Å²) in [5, 5.41) is 13.0. The van der Waals surface area contributed by atoms with Crippen LogP contribution in [0.3, 0.4) is 0 Å². The van der Waals surface area contributed by atoms with Gasteiger partial charge in [0.2, 0.25) is 5.91 Å². The lowest BCUT2D eigenvalue weighted by atomic mass is 10.1. The second-order valence-corrected chi connectivity index (χ2v) is 8.96. The van der Waals surface area contributed by atoms with Gasteiger partial charge in [-0.3, -0.25) is 4.79 Å². The van der Waals surface area contributed by atoms with Crippen LogP contribution in [0, 0.1) is 39.0 Å². The molecule has 32 heavy (non-hydrogen) atoms. The van der Waals surface area contributed by atoms with Gasteiger partial charge in [-0.05, 0) is 51.3 Å². The van der Waals surface area contributed by atoms with Gasteiger partial charge in [-0.2, -0.15) is 5.26 Å². The van der Waals surface area contributed by atoms with E-state index in [9.17, 15) is 19.6 Å². The topological polar surface area (TPSA) is 118 Å². The summed E-state index contributed by atoms with van der Waals surface area (Å²) in [5.41, 5.74) is 3.76. The molecule has 0 spiro atoms. The third-order valence-corrected chi connectivity index (χ3v) is 7.06. The van der Waals surface area contributed by atoms with Gasteiger partial charge in [-0.1, -0.05) is 0 Å². The van der Waals surface area contributed by atoms with Crippen molar-refractivity contribution in [2.75, 3.05) is 24.8 Å². The zero-order valence-corrected chi connectivity index (χ0v) is 20.5. The summed E-state index contributed by atoms with van der Waals surface area (Å²) in [6.45, 7) is 9.18. The maximum absolute atomic E-state index is 12.6. The fraction of sp³-hybridized carbons (Fsp3) is 0.409. The van der Waals surface area contributed by atoms with Crippen LogP contribution < -0.4 is 5.32 Å². The number of esters is 2. The van der Waals surface area contributed by atoms with Crippen molar-refractivity contribution in [2.45, 2.75) is 46.1 Å². The number of carbonyl (C=O) groups is 3. The van der Waals surface area contributed by atoms with E-state index < -0.39 is 11.9 Å². The minimum absolute atomic E-state index is 0.121. The number of anilines is 1. The van der Waals surface area contributed by atoms with E-state index in [1.807, 2.05) is 20.8 Å². The van der Waals surface area contributed by atoms with E-state index in [0.717, 1.165) is 28.2 Å². The van der Waals surface area contributed by atoms with Crippen LogP contribution in [0.2, 0.25) is 0 Å². The number of aryl methyl sites for hydroxylation is 1. The zero-order valence-electron chi connectivity index (χ0n) is 18.9. The van der Waals surface area contributed by atoms with Gasteiger partial charge in [0.1, 0.15) is 21.0 Å². The van der Waals surface area contributed by atoms with Crippen LogP contribution in [0.4, 0.5) is 5.00 Å². The Morgan fingerprint density at radius 3 is 2.41 bits per heavy atom. The number of thiophene rings is 1. The molecule has 0 radical (unpaired) electrons. The molecule has 0 aliphatic rings. The molecule has 0 fully saturated rings. The van der Waals surface area contributed by atoms with Gasteiger partial charge in [0.25, 0.3) is 0 Å². The molecule has 0 unspecified atom stereocenters. The summed E-state index contributed by atoms with van der Waals surface area (Å²) in [4.78, 5) is 41.7. The number of nitrogens with one attached hydrogen (secondary N) is 1. The van der Waals surface area contributed by atoms with Gasteiger partial charge >= 0.3 is 11.9 Å². The van der Waals surface area contributed by atoms with Crippen molar-refractivity contribution in [3.63, 3.8) is 0 Å². The van der Waals surface area contributed by atoms with Gasteiger partial charge < -0.3 is 14.8 Å². The highest BCUT2D eigenvalue weighted by Crippen LogP contribution is 2.34. The molecule has 10 heteroatoms. The monoisotopic (exact) mass is 475 g/mol. The van der Waals surface area contributed by atoms with Crippen LogP contribution in [-0.2, 0) is 14.3 Å². The highest BCUT2D eigenvalue weighted by molar-refractivity contribution is 7.99. The molecule has 170 valence electrons. The molecule has 1 N–H and O–H groups in total. The first-order valence-corrected chi connectivity index (χ1v) is 11.7. The van der Waals surface area contributed by atoms with Crippen molar-refractivity contribution in [3.05, 3.63) is 38.4 Å². The van der Waals surface area contributed by atoms with Gasteiger partial charge in [0, 0.05) is 17.9 Å². The highest BCUT2D eigenvalue weighted by Gasteiger charge is 2.27. The van der Waals surface area contributed by atoms with Gasteiger partial charge in [0.15, 0.2) is 0 Å². The smallest absolute Gasteiger partial charge is 0.348 e. The maximum Gasteiger partial charge on any atom is 0.348 e. The first-order chi connectivity index (χ1) is 15.2. The lowest BCUT2D eigenvalue weighted by molar-refractivity contribution is -0.115. The van der Waals surface area contributed by atoms with Crippen LogP contribution in [0.1, 0.15) is 61.3 Å². The highest BCUT2D eigenvalue weighted by atomic mass is 32.2. The van der Waals surface area contributed by atoms with E-state index >= 15 is 0 Å². The second-order valence-electron chi connectivity index (χ2n) is 6.86. The van der Waals surface area contributed by atoms with E-state index in [-0.39, 0.29) is 34.4 Å². The molecule has 0 aliphatic heterocycles. The summed E-state index contributed by atoms with van der Waals surface area (Å²) in [6.07, 6.45) is 0.121. The third-order valence-electron chi connectivity index (χ3n) is 4.89. The van der Waals surface area contributed by atoms with Crippen LogP contribution in [0.15, 0.2) is 5.03 Å². The third kappa shape index (κ3) is 5.47. The lowest BCUT2D eigenvalue weighted by Gasteiger charge is -2.11. The summed E-state index contributed by atoms with van der Waals surface area (Å²) >= 11 is 2.30. The molecular weight excluding hydrogens is 450 g/mol. The zero-order chi connectivity index (χ0) is 24.0. The number of pyridine rings is 1. The Hall–Kier alpha value is -2.90. The normalized spacial score (nSPS) is 10.4. The van der Waals surface area contributed by atoms with Crippen molar-refractivity contribution in [1.29, 1.82) is 5.26 Å². The number of amides is 1. The first-order valence-electron chi connectivity index (χ1n) is 9.85. The number of carbonyl (C=O) groups excluding carboxylic acids is 3. The van der Waals surface area contributed by atoms with Gasteiger partial charge in [-0.15, -0.1) is 23.1 Å². The standard InChI is InChI=1S/C22H25N3O5S2/c1-7-30-22(28)18-13(4)17(21(27)29-6)20(32-18)25-16(26)8-9-31-19-15(10-23)12(3)11(2)14(5)24-19/h7-9H2,1-6H3,(H,25,26). The molecule has 2 aromatic rings. The Bertz CT molecular complexity index is 1100. The van der Waals surface area contributed by atoms with Crippen molar-refractivity contribution < 1.29 is 23.9 Å². The van der Waals surface area contributed by atoms with E-state index in [4.69, 9.17) is 9.47 Å². The van der Waals surface area contributed by atoms with Crippen LogP contribution in [-0.4, -0.2) is 42.3 Å². The van der Waals surface area contributed by atoms with Crippen LogP contribution >= 0.6 is 23.1 Å². The summed E-state index contributed by atoms with van der Waals surface area (Å²) in [5.74, 6) is -1.15. The number of aromatic nitrogens is 1. The minimum atomic E-state index is -0.646. The Morgan fingerprint density at radius 1 is 1.12 bits per heavy atom. The van der Waals surface area contributed by atoms with Gasteiger partial charge in [-0.25, -0.2) is 14.6 Å². The molecule has 8 nitrogen and oxygen atoms in total. The van der Waals surface area contributed by atoms with E-state index in [1.165, 1.54) is 18.9 Å².